The van der Waals surface area contributed by atoms with Crippen molar-refractivity contribution in [1.29, 1.82) is 0 Å². The Kier molecular flexibility index (Phi) is 9.37. The van der Waals surface area contributed by atoms with Crippen molar-refractivity contribution in [3.63, 3.8) is 0 Å². The fourth-order valence-electron chi connectivity index (χ4n) is 6.26. The maximum absolute atomic E-state index is 12.4. The summed E-state index contributed by atoms with van der Waals surface area (Å²) >= 11 is 0. The quantitative estimate of drug-likeness (QED) is 0.227. The summed E-state index contributed by atoms with van der Waals surface area (Å²) in [5, 5.41) is 21.9. The Labute approximate surface area is 251 Å². The summed E-state index contributed by atoms with van der Waals surface area (Å²) in [6, 6.07) is 0. The highest BCUT2D eigenvalue weighted by Crippen LogP contribution is 2.33. The lowest BCUT2D eigenvalue weighted by Crippen LogP contribution is -2.16. The van der Waals surface area contributed by atoms with Crippen LogP contribution < -0.4 is 5.32 Å². The first kappa shape index (κ1) is 31.5. The number of aliphatic carboxylic acids is 2. The molecule has 4 rings (SSSR count). The smallest absolute Gasteiger partial charge is 0.303 e. The van der Waals surface area contributed by atoms with Gasteiger partial charge in [-0.15, -0.1) is 0 Å². The molecular weight excluding hydrogens is 548 g/mol. The minimum atomic E-state index is -0.904. The van der Waals surface area contributed by atoms with Crippen molar-refractivity contribution in [2.45, 2.75) is 79.6 Å². The highest BCUT2D eigenvalue weighted by molar-refractivity contribution is 6.20. The van der Waals surface area contributed by atoms with Crippen molar-refractivity contribution < 1.29 is 29.4 Å². The van der Waals surface area contributed by atoms with Gasteiger partial charge in [0.15, 0.2) is 0 Å². The third-order valence-electron chi connectivity index (χ3n) is 8.89. The lowest BCUT2D eigenvalue weighted by molar-refractivity contribution is -0.138. The zero-order valence-corrected chi connectivity index (χ0v) is 25.4. The number of hydrogen-bond donors (Lipinski definition) is 5. The molecule has 2 unspecified atom stereocenters. The van der Waals surface area contributed by atoms with Gasteiger partial charge in [-0.1, -0.05) is 26.5 Å². The number of amides is 2. The topological polar surface area (TPSA) is 165 Å². The third kappa shape index (κ3) is 6.48. The predicted molar refractivity (Wildman–Crippen MR) is 164 cm³/mol. The fraction of sp³-hybridized carbons (Fsp3) is 0.424. The van der Waals surface area contributed by atoms with Crippen LogP contribution in [-0.2, 0) is 44.9 Å². The zero-order valence-electron chi connectivity index (χ0n) is 25.4. The Morgan fingerprint density at radius 2 is 1.53 bits per heavy atom. The molecule has 228 valence electrons. The second-order valence-corrected chi connectivity index (χ2v) is 11.4. The first-order chi connectivity index (χ1) is 20.4. The molecule has 2 aliphatic heterocycles. The summed E-state index contributed by atoms with van der Waals surface area (Å²) < 4.78 is 0. The van der Waals surface area contributed by atoms with Gasteiger partial charge in [-0.2, -0.15) is 0 Å². The number of carbonyl (C=O) groups is 4. The van der Waals surface area contributed by atoms with Crippen LogP contribution in [0.15, 0.2) is 34.5 Å². The van der Waals surface area contributed by atoms with E-state index in [-0.39, 0.29) is 36.5 Å². The largest absolute Gasteiger partial charge is 0.481 e. The first-order valence-electron chi connectivity index (χ1n) is 14.7. The van der Waals surface area contributed by atoms with Crippen LogP contribution in [0.2, 0.25) is 0 Å². The van der Waals surface area contributed by atoms with Crippen molar-refractivity contribution in [1.82, 2.24) is 15.3 Å². The van der Waals surface area contributed by atoms with Crippen molar-refractivity contribution in [2.24, 2.45) is 16.8 Å². The molecule has 0 aromatic carbocycles. The Bertz CT molecular complexity index is 1600. The molecule has 10 nitrogen and oxygen atoms in total. The van der Waals surface area contributed by atoms with Crippen molar-refractivity contribution in [3.8, 4) is 0 Å². The van der Waals surface area contributed by atoms with Gasteiger partial charge < -0.3 is 25.5 Å². The van der Waals surface area contributed by atoms with Crippen LogP contribution in [0.5, 0.6) is 0 Å². The number of aliphatic imine (C=N–C) groups is 1. The molecule has 2 aromatic heterocycles. The van der Waals surface area contributed by atoms with Gasteiger partial charge >= 0.3 is 11.9 Å². The molecule has 0 radical (unpaired) electrons. The summed E-state index contributed by atoms with van der Waals surface area (Å²) in [6.07, 6.45) is 5.59. The minimum Gasteiger partial charge on any atom is -0.481 e. The van der Waals surface area contributed by atoms with Crippen LogP contribution in [0.25, 0.3) is 6.08 Å². The van der Waals surface area contributed by atoms with Crippen molar-refractivity contribution in [2.75, 3.05) is 0 Å². The number of carboxylic acids is 2. The normalized spacial score (nSPS) is 19.4. The molecule has 0 bridgehead atoms. The second kappa shape index (κ2) is 12.8. The number of nitrogens with one attached hydrogen (secondary N) is 3. The first-order valence-corrected chi connectivity index (χ1v) is 14.7. The highest BCUT2D eigenvalue weighted by atomic mass is 16.4. The number of hydrogen-bond acceptors (Lipinski definition) is 4. The summed E-state index contributed by atoms with van der Waals surface area (Å²) in [6.45, 7) is 13.4. The van der Waals surface area contributed by atoms with Crippen LogP contribution >= 0.6 is 0 Å². The Morgan fingerprint density at radius 3 is 2.09 bits per heavy atom. The van der Waals surface area contributed by atoms with E-state index in [4.69, 9.17) is 0 Å². The number of allylic oxidation sites excluding steroid dienone is 2. The van der Waals surface area contributed by atoms with Gasteiger partial charge in [-0.05, 0) is 73.9 Å². The molecule has 2 aromatic rings. The SMILES string of the molecule is C=CC1=C(C)C(Cc2[nH]c(Cc3[nH]c(/C=C4\NC(=O)C(C)C4CC)c(C)c3CCC(=O)O)c(CCC(=O)O)c2C)=NC1=O. The third-order valence-corrected chi connectivity index (χ3v) is 8.89. The van der Waals surface area contributed by atoms with E-state index in [0.29, 0.717) is 37.0 Å². The summed E-state index contributed by atoms with van der Waals surface area (Å²) in [5.41, 5.74) is 9.66. The van der Waals surface area contributed by atoms with Crippen LogP contribution in [-0.4, -0.2) is 49.6 Å². The van der Waals surface area contributed by atoms with Gasteiger partial charge in [-0.25, -0.2) is 4.99 Å². The number of aromatic amines is 2. The molecule has 1 saturated heterocycles. The van der Waals surface area contributed by atoms with Crippen LogP contribution in [0, 0.1) is 25.7 Å². The molecule has 2 atom stereocenters. The van der Waals surface area contributed by atoms with E-state index in [9.17, 15) is 29.4 Å². The molecule has 2 amide bonds. The lowest BCUT2D eigenvalue weighted by atomic mass is 9.92. The number of carbonyl (C=O) groups excluding carboxylic acids is 2. The van der Waals surface area contributed by atoms with Gasteiger partial charge in [0.05, 0.1) is 5.71 Å². The van der Waals surface area contributed by atoms with Gasteiger partial charge in [0.1, 0.15) is 0 Å². The molecule has 10 heteroatoms. The van der Waals surface area contributed by atoms with E-state index in [0.717, 1.165) is 62.7 Å². The summed E-state index contributed by atoms with van der Waals surface area (Å²) in [7, 11) is 0. The van der Waals surface area contributed by atoms with Crippen LogP contribution in [0.1, 0.15) is 85.1 Å². The van der Waals surface area contributed by atoms with E-state index >= 15 is 0 Å². The molecule has 5 N–H and O–H groups in total. The minimum absolute atomic E-state index is 0.00930. The molecule has 1 fully saturated rings. The van der Waals surface area contributed by atoms with Crippen LogP contribution in [0.4, 0.5) is 0 Å². The highest BCUT2D eigenvalue weighted by Gasteiger charge is 2.34. The van der Waals surface area contributed by atoms with Gasteiger partial charge in [0.25, 0.3) is 5.91 Å². The van der Waals surface area contributed by atoms with Crippen LogP contribution in [0.3, 0.4) is 0 Å². The number of aromatic nitrogens is 2. The van der Waals surface area contributed by atoms with Gasteiger partial charge in [0.2, 0.25) is 5.91 Å². The average Bonchev–Trinajstić information content (AvgIpc) is 3.59. The number of rotatable bonds is 13. The molecule has 0 spiro atoms. The molecular formula is C33H40N4O6. The standard InChI is InChI=1S/C33H40N4O6/c1-7-20-19(6)32(42)37-27(20)14-25-18(5)23(10-12-31(40)41)29(35-25)15-28-22(9-11-30(38)39)17(4)24(34-28)13-26-16(3)21(8-2)33(43)36-26/h8,14,19-20,34-35H,2,7,9-13,15H2,1,3-6H3,(H,37,42)(H,38,39)(H,40,41)/b27-14-. The number of carboxylic acid groups (broad SMARTS) is 2. The maximum Gasteiger partial charge on any atom is 0.303 e. The zero-order chi connectivity index (χ0) is 31.6. The molecule has 2 aliphatic rings. The predicted octanol–water partition coefficient (Wildman–Crippen LogP) is 4.74. The second-order valence-electron chi connectivity index (χ2n) is 11.4. The fourth-order valence-corrected chi connectivity index (χ4v) is 6.26. The van der Waals surface area contributed by atoms with Crippen molar-refractivity contribution >= 4 is 35.5 Å². The van der Waals surface area contributed by atoms with E-state index in [1.807, 2.05) is 40.7 Å². The average molecular weight is 589 g/mol. The summed E-state index contributed by atoms with van der Waals surface area (Å²) in [5.74, 6) is -2.19. The molecule has 4 heterocycles. The monoisotopic (exact) mass is 588 g/mol. The Hall–Kier alpha value is -4.47. The van der Waals surface area contributed by atoms with E-state index in [2.05, 4.69) is 26.9 Å². The summed E-state index contributed by atoms with van der Waals surface area (Å²) in [4.78, 5) is 59.0. The van der Waals surface area contributed by atoms with Gasteiger partial charge in [-0.3, -0.25) is 19.2 Å². The molecule has 43 heavy (non-hydrogen) atoms. The Morgan fingerprint density at radius 1 is 0.930 bits per heavy atom. The number of H-pyrrole nitrogens is 2. The number of nitrogens with zero attached hydrogens (tertiary/aromatic N) is 1. The molecule has 0 aliphatic carbocycles. The maximum atomic E-state index is 12.4. The van der Waals surface area contributed by atoms with E-state index < -0.39 is 11.9 Å². The van der Waals surface area contributed by atoms with E-state index in [1.165, 1.54) is 6.08 Å². The molecule has 0 saturated carbocycles. The van der Waals surface area contributed by atoms with Gasteiger partial charge in [0, 0.05) is 71.6 Å². The Balaban J connectivity index is 1.76. The van der Waals surface area contributed by atoms with Crippen molar-refractivity contribution in [3.05, 3.63) is 74.5 Å². The lowest BCUT2D eigenvalue weighted by Gasteiger charge is -2.11. The van der Waals surface area contributed by atoms with E-state index in [1.54, 1.807) is 0 Å².